The van der Waals surface area contributed by atoms with E-state index in [1.54, 1.807) is 0 Å². The van der Waals surface area contributed by atoms with Crippen LogP contribution in [-0.2, 0) is 11.2 Å². The molecule has 1 aliphatic rings. The molecular formula is C16H27N3O2S. The highest BCUT2D eigenvalue weighted by molar-refractivity contribution is 7.99. The third kappa shape index (κ3) is 4.49. The Kier molecular flexibility index (Phi) is 6.32. The van der Waals surface area contributed by atoms with E-state index in [1.165, 1.54) is 0 Å². The lowest BCUT2D eigenvalue weighted by molar-refractivity contribution is -0.133. The molecule has 1 unspecified atom stereocenters. The van der Waals surface area contributed by atoms with Crippen LogP contribution in [0.5, 0.6) is 0 Å². The van der Waals surface area contributed by atoms with Crippen molar-refractivity contribution >= 4 is 17.7 Å². The molecule has 1 aliphatic heterocycles. The summed E-state index contributed by atoms with van der Waals surface area (Å²) in [5.41, 5.74) is 1.99. The summed E-state index contributed by atoms with van der Waals surface area (Å²) in [5, 5.41) is 3.97. The summed E-state index contributed by atoms with van der Waals surface area (Å²) in [5.74, 6) is 3.28. The predicted molar refractivity (Wildman–Crippen MR) is 90.3 cm³/mol. The number of carbonyl (C=O) groups is 1. The van der Waals surface area contributed by atoms with Crippen molar-refractivity contribution in [3.05, 3.63) is 17.0 Å². The Balaban J connectivity index is 1.98. The van der Waals surface area contributed by atoms with Gasteiger partial charge in [0.2, 0.25) is 5.91 Å². The van der Waals surface area contributed by atoms with Crippen LogP contribution >= 0.6 is 11.8 Å². The van der Waals surface area contributed by atoms with Gasteiger partial charge in [-0.05, 0) is 46.5 Å². The van der Waals surface area contributed by atoms with Crippen LogP contribution < -0.4 is 0 Å². The highest BCUT2D eigenvalue weighted by Gasteiger charge is 2.26. The second-order valence-electron chi connectivity index (χ2n) is 6.23. The molecule has 1 amide bonds. The Morgan fingerprint density at radius 3 is 2.86 bits per heavy atom. The van der Waals surface area contributed by atoms with Gasteiger partial charge < -0.3 is 14.3 Å². The van der Waals surface area contributed by atoms with Crippen molar-refractivity contribution in [2.75, 3.05) is 38.7 Å². The zero-order valence-corrected chi connectivity index (χ0v) is 14.9. The lowest BCUT2D eigenvalue weighted by atomic mass is 10.1. The van der Waals surface area contributed by atoms with Gasteiger partial charge in [0.05, 0.1) is 11.7 Å². The monoisotopic (exact) mass is 325 g/mol. The van der Waals surface area contributed by atoms with Crippen LogP contribution in [-0.4, -0.2) is 65.6 Å². The van der Waals surface area contributed by atoms with Gasteiger partial charge in [-0.15, -0.1) is 0 Å². The van der Waals surface area contributed by atoms with E-state index in [9.17, 15) is 4.79 Å². The van der Waals surface area contributed by atoms with Crippen LogP contribution in [0.4, 0.5) is 0 Å². The minimum Gasteiger partial charge on any atom is -0.361 e. The molecule has 1 atom stereocenters. The Hall–Kier alpha value is -1.01. The lowest BCUT2D eigenvalue weighted by Gasteiger charge is -2.31. The van der Waals surface area contributed by atoms with Crippen molar-refractivity contribution in [1.82, 2.24) is 15.0 Å². The van der Waals surface area contributed by atoms with E-state index in [4.69, 9.17) is 4.52 Å². The van der Waals surface area contributed by atoms with Crippen molar-refractivity contribution in [3.63, 3.8) is 0 Å². The Labute approximate surface area is 137 Å². The summed E-state index contributed by atoms with van der Waals surface area (Å²) >= 11 is 1.96. The number of hydrogen-bond acceptors (Lipinski definition) is 5. The number of likely N-dealkylation sites (N-methyl/N-ethyl adjacent to an activating group) is 1. The number of hydrogen-bond donors (Lipinski definition) is 0. The summed E-state index contributed by atoms with van der Waals surface area (Å²) < 4.78 is 5.18. The summed E-state index contributed by atoms with van der Waals surface area (Å²) in [6.07, 6.45) is 2.35. The molecule has 0 aromatic carbocycles. The van der Waals surface area contributed by atoms with Gasteiger partial charge in [-0.2, -0.15) is 11.8 Å². The molecule has 2 rings (SSSR count). The molecule has 2 heterocycles. The molecule has 1 saturated heterocycles. The summed E-state index contributed by atoms with van der Waals surface area (Å²) in [6.45, 7) is 5.67. The molecule has 5 nitrogen and oxygen atoms in total. The van der Waals surface area contributed by atoms with Gasteiger partial charge in [-0.1, -0.05) is 5.16 Å². The van der Waals surface area contributed by atoms with Gasteiger partial charge in [0.25, 0.3) is 0 Å². The first-order valence-corrected chi connectivity index (χ1v) is 9.08. The Morgan fingerprint density at radius 1 is 1.45 bits per heavy atom. The largest absolute Gasteiger partial charge is 0.361 e. The second-order valence-corrected chi connectivity index (χ2v) is 7.38. The quantitative estimate of drug-likeness (QED) is 0.830. The van der Waals surface area contributed by atoms with Crippen molar-refractivity contribution in [2.45, 2.75) is 39.2 Å². The van der Waals surface area contributed by atoms with Crippen LogP contribution in [0.25, 0.3) is 0 Å². The molecule has 0 spiro atoms. The molecular weight excluding hydrogens is 298 g/mol. The van der Waals surface area contributed by atoms with Crippen LogP contribution in [0.2, 0.25) is 0 Å². The van der Waals surface area contributed by atoms with E-state index in [0.717, 1.165) is 54.5 Å². The van der Waals surface area contributed by atoms with Crippen LogP contribution in [0.1, 0.15) is 29.9 Å². The maximum absolute atomic E-state index is 12.7. The van der Waals surface area contributed by atoms with Gasteiger partial charge in [0, 0.05) is 30.8 Å². The number of thioether (sulfide) groups is 1. The van der Waals surface area contributed by atoms with Gasteiger partial charge in [0.1, 0.15) is 5.76 Å². The topological polar surface area (TPSA) is 49.6 Å². The first kappa shape index (κ1) is 17.3. The first-order valence-electron chi connectivity index (χ1n) is 7.92. The molecule has 0 saturated carbocycles. The minimum absolute atomic E-state index is 0.259. The van der Waals surface area contributed by atoms with Crippen molar-refractivity contribution < 1.29 is 9.32 Å². The van der Waals surface area contributed by atoms with Crippen molar-refractivity contribution in [1.29, 1.82) is 0 Å². The molecule has 0 aliphatic carbocycles. The predicted octanol–water partition coefficient (Wildman–Crippen LogP) is 2.12. The molecule has 22 heavy (non-hydrogen) atoms. The summed E-state index contributed by atoms with van der Waals surface area (Å²) in [4.78, 5) is 17.0. The number of aromatic nitrogens is 1. The Morgan fingerprint density at radius 2 is 2.23 bits per heavy atom. The van der Waals surface area contributed by atoms with Crippen LogP contribution in [0.15, 0.2) is 4.52 Å². The van der Waals surface area contributed by atoms with Gasteiger partial charge in [-0.25, -0.2) is 0 Å². The van der Waals surface area contributed by atoms with Gasteiger partial charge in [-0.3, -0.25) is 4.79 Å². The van der Waals surface area contributed by atoms with E-state index >= 15 is 0 Å². The molecule has 0 bridgehead atoms. The average molecular weight is 325 g/mol. The maximum atomic E-state index is 12.7. The van der Waals surface area contributed by atoms with E-state index in [-0.39, 0.29) is 5.91 Å². The summed E-state index contributed by atoms with van der Waals surface area (Å²) in [7, 11) is 4.14. The van der Waals surface area contributed by atoms with E-state index in [1.807, 2.05) is 25.6 Å². The fourth-order valence-electron chi connectivity index (χ4n) is 2.96. The van der Waals surface area contributed by atoms with Crippen LogP contribution in [0, 0.1) is 13.8 Å². The lowest BCUT2D eigenvalue weighted by Crippen LogP contribution is -2.46. The molecule has 1 fully saturated rings. The molecule has 0 radical (unpaired) electrons. The molecule has 1 aromatic rings. The zero-order valence-electron chi connectivity index (χ0n) is 14.1. The number of rotatable bonds is 5. The third-order valence-corrected chi connectivity index (χ3v) is 5.30. The summed E-state index contributed by atoms with van der Waals surface area (Å²) in [6, 6.07) is 0.319. The number of aryl methyl sites for hydroxylation is 2. The van der Waals surface area contributed by atoms with Crippen molar-refractivity contribution in [2.24, 2.45) is 0 Å². The molecule has 0 N–H and O–H groups in total. The molecule has 6 heteroatoms. The number of nitrogens with zero attached hydrogens (tertiary/aromatic N) is 3. The fourth-order valence-corrected chi connectivity index (χ4v) is 4.02. The maximum Gasteiger partial charge on any atom is 0.223 e. The molecule has 1 aromatic heterocycles. The van der Waals surface area contributed by atoms with Crippen molar-refractivity contribution in [3.8, 4) is 0 Å². The fraction of sp³-hybridized carbons (Fsp3) is 0.750. The minimum atomic E-state index is 0.259. The van der Waals surface area contributed by atoms with E-state index < -0.39 is 0 Å². The van der Waals surface area contributed by atoms with Crippen LogP contribution in [0.3, 0.4) is 0 Å². The SMILES string of the molecule is Cc1noc(C)c1CCC(=O)N1CCCSCC1CN(C)C. The average Bonchev–Trinajstić information content (AvgIpc) is 2.65. The smallest absolute Gasteiger partial charge is 0.223 e. The van der Waals surface area contributed by atoms with E-state index in [0.29, 0.717) is 12.5 Å². The second kappa shape index (κ2) is 8.02. The van der Waals surface area contributed by atoms with Gasteiger partial charge in [0.15, 0.2) is 0 Å². The standard InChI is InChI=1S/C16H27N3O2S/c1-12-15(13(2)21-17-12)6-7-16(20)19-8-5-9-22-11-14(19)10-18(3)4/h14H,5-11H2,1-4H3. The third-order valence-electron chi connectivity index (χ3n) is 4.11. The highest BCUT2D eigenvalue weighted by Crippen LogP contribution is 2.20. The normalized spacial score (nSPS) is 19.5. The first-order chi connectivity index (χ1) is 10.5. The number of carbonyl (C=O) groups excluding carboxylic acids is 1. The zero-order chi connectivity index (χ0) is 16.1. The van der Waals surface area contributed by atoms with Gasteiger partial charge >= 0.3 is 0 Å². The molecule has 124 valence electrons. The highest BCUT2D eigenvalue weighted by atomic mass is 32.2. The number of amides is 1. The van der Waals surface area contributed by atoms with E-state index in [2.05, 4.69) is 29.1 Å². The Bertz CT molecular complexity index is 482.